The fourth-order valence-electron chi connectivity index (χ4n) is 3.78. The summed E-state index contributed by atoms with van der Waals surface area (Å²) in [6.07, 6.45) is 3.24. The Morgan fingerprint density at radius 3 is 2.58 bits per heavy atom. The molecule has 0 fully saturated rings. The second-order valence-electron chi connectivity index (χ2n) is 6.50. The van der Waals surface area contributed by atoms with Crippen molar-refractivity contribution in [1.29, 1.82) is 0 Å². The lowest BCUT2D eigenvalue weighted by atomic mass is 9.81. The van der Waals surface area contributed by atoms with Gasteiger partial charge in [0.05, 0.1) is 13.0 Å². The van der Waals surface area contributed by atoms with Crippen LogP contribution in [0.2, 0.25) is 0 Å². The van der Waals surface area contributed by atoms with Crippen molar-refractivity contribution >= 4 is 5.97 Å². The molecule has 1 aliphatic rings. The molecular weight excluding hydrogens is 300 g/mol. The number of carboxylic acid groups (broad SMARTS) is 1. The zero-order valence-electron chi connectivity index (χ0n) is 14.3. The highest BCUT2D eigenvalue weighted by atomic mass is 16.5. The van der Waals surface area contributed by atoms with E-state index in [1.54, 1.807) is 7.11 Å². The average molecular weight is 324 g/mol. The number of aryl methyl sites for hydroxylation is 2. The number of methoxy groups -OCH3 is 1. The van der Waals surface area contributed by atoms with Crippen LogP contribution >= 0.6 is 0 Å². The van der Waals surface area contributed by atoms with Gasteiger partial charge >= 0.3 is 5.97 Å². The first-order valence-electron chi connectivity index (χ1n) is 8.61. The van der Waals surface area contributed by atoms with Gasteiger partial charge in [0.1, 0.15) is 5.75 Å². The molecule has 1 aliphatic carbocycles. The molecule has 0 radical (unpaired) electrons. The molecule has 24 heavy (non-hydrogen) atoms. The first-order valence-corrected chi connectivity index (χ1v) is 8.61. The van der Waals surface area contributed by atoms with Crippen molar-refractivity contribution in [3.63, 3.8) is 0 Å². The monoisotopic (exact) mass is 324 g/mol. The summed E-state index contributed by atoms with van der Waals surface area (Å²) in [4.78, 5) is 11.6. The van der Waals surface area contributed by atoms with Crippen LogP contribution in [-0.4, -0.2) is 18.2 Å². The third-order valence-electron chi connectivity index (χ3n) is 5.18. The van der Waals surface area contributed by atoms with E-state index in [4.69, 9.17) is 4.74 Å². The van der Waals surface area contributed by atoms with Crippen LogP contribution in [0.5, 0.6) is 5.75 Å². The third-order valence-corrected chi connectivity index (χ3v) is 5.18. The summed E-state index contributed by atoms with van der Waals surface area (Å²) in [5, 5.41) is 9.53. The Bertz CT molecular complexity index is 736. The molecule has 3 heteroatoms. The number of benzene rings is 2. The van der Waals surface area contributed by atoms with E-state index in [1.807, 2.05) is 13.0 Å². The van der Waals surface area contributed by atoms with E-state index < -0.39 is 5.97 Å². The van der Waals surface area contributed by atoms with Crippen LogP contribution in [0.25, 0.3) is 0 Å². The van der Waals surface area contributed by atoms with Crippen molar-refractivity contribution in [2.75, 3.05) is 7.11 Å². The zero-order chi connectivity index (χ0) is 17.1. The number of ether oxygens (including phenoxy) is 1. The maximum atomic E-state index is 11.6. The summed E-state index contributed by atoms with van der Waals surface area (Å²) < 4.78 is 5.38. The third kappa shape index (κ3) is 3.16. The van der Waals surface area contributed by atoms with E-state index in [1.165, 1.54) is 22.3 Å². The Kier molecular flexibility index (Phi) is 4.89. The van der Waals surface area contributed by atoms with Crippen LogP contribution in [0.3, 0.4) is 0 Å². The molecule has 0 heterocycles. The summed E-state index contributed by atoms with van der Waals surface area (Å²) in [6.45, 7) is 1.95. The van der Waals surface area contributed by atoms with Crippen molar-refractivity contribution in [3.05, 3.63) is 64.7 Å². The van der Waals surface area contributed by atoms with Gasteiger partial charge in [0.2, 0.25) is 0 Å². The van der Waals surface area contributed by atoms with Crippen molar-refractivity contribution < 1.29 is 14.6 Å². The maximum absolute atomic E-state index is 11.6. The normalized spacial score (nSPS) is 17.3. The van der Waals surface area contributed by atoms with Gasteiger partial charge in [-0.05, 0) is 60.1 Å². The van der Waals surface area contributed by atoms with E-state index >= 15 is 0 Å². The Morgan fingerprint density at radius 1 is 1.17 bits per heavy atom. The summed E-state index contributed by atoms with van der Waals surface area (Å²) in [6, 6.07) is 14.7. The smallest absolute Gasteiger partial charge is 0.306 e. The van der Waals surface area contributed by atoms with E-state index in [0.717, 1.165) is 18.6 Å². The van der Waals surface area contributed by atoms with Crippen LogP contribution in [0, 0.1) is 5.92 Å². The minimum absolute atomic E-state index is 0.130. The summed E-state index contributed by atoms with van der Waals surface area (Å²) in [5.41, 5.74) is 5.13. The molecular formula is C21H24O3. The van der Waals surface area contributed by atoms with Crippen molar-refractivity contribution in [2.24, 2.45) is 5.92 Å². The fourth-order valence-corrected chi connectivity index (χ4v) is 3.78. The molecule has 1 N–H and O–H groups in total. The van der Waals surface area contributed by atoms with Crippen molar-refractivity contribution in [1.82, 2.24) is 0 Å². The lowest BCUT2D eigenvalue weighted by Gasteiger charge is -2.23. The molecule has 0 amide bonds. The molecule has 0 bridgehead atoms. The largest absolute Gasteiger partial charge is 0.497 e. The van der Waals surface area contributed by atoms with Crippen LogP contribution < -0.4 is 4.74 Å². The van der Waals surface area contributed by atoms with Gasteiger partial charge in [0.25, 0.3) is 0 Å². The molecule has 0 aliphatic heterocycles. The molecule has 3 nitrogen and oxygen atoms in total. The van der Waals surface area contributed by atoms with E-state index in [-0.39, 0.29) is 11.8 Å². The molecule has 3 rings (SSSR count). The zero-order valence-corrected chi connectivity index (χ0v) is 14.3. The number of fused-ring (bicyclic) bond motifs is 2. The molecule has 0 saturated carbocycles. The summed E-state index contributed by atoms with van der Waals surface area (Å²) in [5.74, 6) is -0.0280. The van der Waals surface area contributed by atoms with Gasteiger partial charge in [-0.15, -0.1) is 0 Å². The standard InChI is InChI=1S/C21H24O3/c1-3-14(21(22)23)13-20-18-7-5-4-6-15(18)8-9-16-12-17(24-2)10-11-19(16)20/h4-7,10-12,14,20H,3,8-9,13H2,1-2H3,(H,22,23). The lowest BCUT2D eigenvalue weighted by molar-refractivity contribution is -0.142. The number of carboxylic acids is 1. The van der Waals surface area contributed by atoms with Gasteiger partial charge in [-0.1, -0.05) is 37.3 Å². The second-order valence-corrected chi connectivity index (χ2v) is 6.50. The molecule has 0 spiro atoms. The van der Waals surface area contributed by atoms with Crippen molar-refractivity contribution in [3.8, 4) is 5.75 Å². The second kappa shape index (κ2) is 7.08. The molecule has 126 valence electrons. The molecule has 0 saturated heterocycles. The van der Waals surface area contributed by atoms with Crippen LogP contribution in [0.4, 0.5) is 0 Å². The predicted molar refractivity (Wildman–Crippen MR) is 94.7 cm³/mol. The number of hydrogen-bond donors (Lipinski definition) is 1. The molecule has 0 aromatic heterocycles. The molecule has 2 unspecified atom stereocenters. The van der Waals surface area contributed by atoms with Gasteiger partial charge in [0.15, 0.2) is 0 Å². The SMILES string of the molecule is CCC(CC1c2ccccc2CCc2cc(OC)ccc21)C(=O)O. The Balaban J connectivity index is 2.08. The van der Waals surface area contributed by atoms with E-state index in [2.05, 4.69) is 36.4 Å². The minimum atomic E-state index is -0.700. The highest BCUT2D eigenvalue weighted by molar-refractivity contribution is 5.70. The van der Waals surface area contributed by atoms with Crippen LogP contribution in [0.1, 0.15) is 47.9 Å². The van der Waals surface area contributed by atoms with E-state index in [0.29, 0.717) is 12.8 Å². The number of aliphatic carboxylic acids is 1. The fraction of sp³-hybridized carbons (Fsp3) is 0.381. The Morgan fingerprint density at radius 2 is 1.88 bits per heavy atom. The first-order chi connectivity index (χ1) is 11.6. The summed E-state index contributed by atoms with van der Waals surface area (Å²) in [7, 11) is 1.68. The minimum Gasteiger partial charge on any atom is -0.497 e. The Labute approximate surface area is 143 Å². The lowest BCUT2D eigenvalue weighted by Crippen LogP contribution is -2.17. The topological polar surface area (TPSA) is 46.5 Å². The van der Waals surface area contributed by atoms with Gasteiger partial charge in [-0.3, -0.25) is 4.79 Å². The quantitative estimate of drug-likeness (QED) is 0.885. The predicted octanol–water partition coefficient (Wildman–Crippen LogP) is 4.43. The van der Waals surface area contributed by atoms with Gasteiger partial charge in [0, 0.05) is 5.92 Å². The average Bonchev–Trinajstić information content (AvgIpc) is 2.75. The molecule has 2 aromatic carbocycles. The highest BCUT2D eigenvalue weighted by Crippen LogP contribution is 2.40. The maximum Gasteiger partial charge on any atom is 0.306 e. The number of carbonyl (C=O) groups is 1. The van der Waals surface area contributed by atoms with Gasteiger partial charge in [-0.2, -0.15) is 0 Å². The van der Waals surface area contributed by atoms with Crippen molar-refractivity contribution in [2.45, 2.75) is 38.5 Å². The first kappa shape index (κ1) is 16.6. The Hall–Kier alpha value is -2.29. The molecule has 2 aromatic rings. The van der Waals surface area contributed by atoms with E-state index in [9.17, 15) is 9.90 Å². The number of hydrogen-bond acceptors (Lipinski definition) is 2. The van der Waals surface area contributed by atoms with Crippen LogP contribution in [-0.2, 0) is 17.6 Å². The number of rotatable bonds is 5. The van der Waals surface area contributed by atoms with Gasteiger partial charge in [-0.25, -0.2) is 0 Å². The van der Waals surface area contributed by atoms with Gasteiger partial charge < -0.3 is 9.84 Å². The van der Waals surface area contributed by atoms with Crippen LogP contribution in [0.15, 0.2) is 42.5 Å². The molecule has 2 atom stereocenters. The highest BCUT2D eigenvalue weighted by Gasteiger charge is 2.28. The summed E-state index contributed by atoms with van der Waals surface area (Å²) >= 11 is 0.